The number of rotatable bonds is 3. The Morgan fingerprint density at radius 2 is 1.50 bits per heavy atom. The number of carbonyl (C=O) groups is 2. The Morgan fingerprint density at radius 3 is 1.80 bits per heavy atom. The number of carbonyl (C=O) groups excluding carboxylic acids is 2. The zero-order chi connectivity index (χ0) is 16.4. The maximum absolute atomic E-state index is 12.3. The van der Waals surface area contributed by atoms with Crippen LogP contribution in [0.3, 0.4) is 0 Å². The van der Waals surface area contributed by atoms with Crippen molar-refractivity contribution < 1.29 is 27.5 Å². The Bertz CT molecular complexity index is 469. The average Bonchev–Trinajstić information content (AvgIpc) is 2.20. The molecule has 0 bridgehead atoms. The molecular weight excluding hydrogens is 286 g/mol. The minimum atomic E-state index is -4.06. The largest absolute Gasteiger partial charge is 0.468 e. The summed E-state index contributed by atoms with van der Waals surface area (Å²) in [5.41, 5.74) is -0.876. The second-order valence-electron chi connectivity index (χ2n) is 6.18. The Labute approximate surface area is 120 Å². The minimum Gasteiger partial charge on any atom is -0.468 e. The first-order chi connectivity index (χ1) is 8.72. The lowest BCUT2D eigenvalue weighted by atomic mass is 10.2. The quantitative estimate of drug-likeness (QED) is 0.734. The molecule has 0 atom stereocenters. The van der Waals surface area contributed by atoms with E-state index in [2.05, 4.69) is 4.74 Å². The van der Waals surface area contributed by atoms with Crippen LogP contribution in [-0.4, -0.2) is 48.8 Å². The lowest BCUT2D eigenvalue weighted by Crippen LogP contribution is -2.50. The lowest BCUT2D eigenvalue weighted by molar-refractivity contribution is -0.140. The fourth-order valence-corrected chi connectivity index (χ4v) is 2.24. The molecule has 0 aromatic heterocycles. The minimum absolute atomic E-state index is 0.407. The Morgan fingerprint density at radius 1 is 1.05 bits per heavy atom. The van der Waals surface area contributed by atoms with Crippen molar-refractivity contribution >= 4 is 22.1 Å². The van der Waals surface area contributed by atoms with Crippen LogP contribution in [0.15, 0.2) is 0 Å². The Kier molecular flexibility index (Phi) is 5.59. The monoisotopic (exact) mass is 309 g/mol. The fraction of sp³-hybridized carbons (Fsp3) is 0.833. The second-order valence-corrected chi connectivity index (χ2v) is 8.80. The van der Waals surface area contributed by atoms with Gasteiger partial charge in [-0.2, -0.15) is 4.31 Å². The van der Waals surface area contributed by atoms with Gasteiger partial charge >= 0.3 is 12.1 Å². The molecule has 0 radical (unpaired) electrons. The number of methoxy groups -OCH3 is 1. The van der Waals surface area contributed by atoms with Crippen molar-refractivity contribution in [3.8, 4) is 0 Å². The van der Waals surface area contributed by atoms with Gasteiger partial charge in [0.1, 0.15) is 12.1 Å². The van der Waals surface area contributed by atoms with Crippen molar-refractivity contribution in [2.75, 3.05) is 13.7 Å². The van der Waals surface area contributed by atoms with E-state index in [9.17, 15) is 18.0 Å². The summed E-state index contributed by atoms with van der Waals surface area (Å²) < 4.78 is 33.3. The van der Waals surface area contributed by atoms with Crippen LogP contribution in [0.25, 0.3) is 0 Å². The number of nitrogens with zero attached hydrogens (tertiary/aromatic N) is 1. The molecule has 0 heterocycles. The van der Waals surface area contributed by atoms with Gasteiger partial charge in [-0.25, -0.2) is 13.2 Å². The summed E-state index contributed by atoms with van der Waals surface area (Å²) in [7, 11) is -2.95. The molecule has 0 N–H and O–H groups in total. The van der Waals surface area contributed by atoms with Gasteiger partial charge in [0.15, 0.2) is 0 Å². The van der Waals surface area contributed by atoms with Crippen LogP contribution < -0.4 is 0 Å². The lowest BCUT2D eigenvalue weighted by Gasteiger charge is -2.31. The topological polar surface area (TPSA) is 90.0 Å². The predicted molar refractivity (Wildman–Crippen MR) is 73.6 cm³/mol. The van der Waals surface area contributed by atoms with E-state index in [1.165, 1.54) is 20.8 Å². The number of hydrogen-bond donors (Lipinski definition) is 0. The smallest absolute Gasteiger partial charge is 0.424 e. The molecule has 0 saturated heterocycles. The Hall–Kier alpha value is -1.31. The third kappa shape index (κ3) is 4.99. The van der Waals surface area contributed by atoms with Crippen LogP contribution in [0.1, 0.15) is 41.5 Å². The van der Waals surface area contributed by atoms with Crippen molar-refractivity contribution in [1.82, 2.24) is 4.31 Å². The summed E-state index contributed by atoms with van der Waals surface area (Å²) in [4.78, 5) is 23.4. The molecule has 0 spiro atoms. The SMILES string of the molecule is COC(=O)CN(C(=O)OC(C)(C)C)S(=O)(=O)C(C)(C)C. The van der Waals surface area contributed by atoms with Crippen molar-refractivity contribution in [2.24, 2.45) is 0 Å². The van der Waals surface area contributed by atoms with Crippen LogP contribution in [0, 0.1) is 0 Å². The van der Waals surface area contributed by atoms with E-state index >= 15 is 0 Å². The van der Waals surface area contributed by atoms with Crippen molar-refractivity contribution in [2.45, 2.75) is 51.9 Å². The van der Waals surface area contributed by atoms with E-state index in [-0.39, 0.29) is 0 Å². The average molecular weight is 309 g/mol. The molecule has 1 amide bonds. The maximum atomic E-state index is 12.3. The highest BCUT2D eigenvalue weighted by Crippen LogP contribution is 2.22. The maximum Gasteiger partial charge on any atom is 0.424 e. The van der Waals surface area contributed by atoms with Crippen LogP contribution in [0.5, 0.6) is 0 Å². The van der Waals surface area contributed by atoms with E-state index in [0.717, 1.165) is 7.11 Å². The first-order valence-electron chi connectivity index (χ1n) is 6.04. The molecule has 0 unspecified atom stereocenters. The summed E-state index contributed by atoms with van der Waals surface area (Å²) in [6.07, 6.45) is -1.10. The van der Waals surface area contributed by atoms with E-state index in [4.69, 9.17) is 4.74 Å². The van der Waals surface area contributed by atoms with Gasteiger partial charge in [0.05, 0.1) is 11.9 Å². The summed E-state index contributed by atoms with van der Waals surface area (Å²) in [5, 5.41) is 0. The second kappa shape index (κ2) is 5.99. The summed E-state index contributed by atoms with van der Waals surface area (Å²) in [5.74, 6) is -0.844. The van der Waals surface area contributed by atoms with Crippen LogP contribution in [-0.2, 0) is 24.3 Å². The highest BCUT2D eigenvalue weighted by Gasteiger charge is 2.41. The summed E-state index contributed by atoms with van der Waals surface area (Å²) in [6.45, 7) is 8.37. The van der Waals surface area contributed by atoms with Gasteiger partial charge in [-0.1, -0.05) is 0 Å². The molecule has 0 aliphatic carbocycles. The molecule has 0 aliphatic rings. The van der Waals surface area contributed by atoms with Gasteiger partial charge in [0.25, 0.3) is 0 Å². The third-order valence-electron chi connectivity index (χ3n) is 2.16. The molecule has 8 heteroatoms. The first kappa shape index (κ1) is 18.7. The van der Waals surface area contributed by atoms with Gasteiger partial charge in [-0.3, -0.25) is 4.79 Å². The van der Waals surface area contributed by atoms with Crippen LogP contribution in [0.4, 0.5) is 4.79 Å². The first-order valence-corrected chi connectivity index (χ1v) is 7.48. The molecule has 20 heavy (non-hydrogen) atoms. The van der Waals surface area contributed by atoms with E-state index in [0.29, 0.717) is 4.31 Å². The number of amides is 1. The van der Waals surface area contributed by atoms with Gasteiger partial charge in [0.2, 0.25) is 10.0 Å². The van der Waals surface area contributed by atoms with Crippen molar-refractivity contribution in [1.29, 1.82) is 0 Å². The predicted octanol–water partition coefficient (Wildman–Crippen LogP) is 1.52. The number of esters is 1. The summed E-state index contributed by atoms with van der Waals surface area (Å²) >= 11 is 0. The Balaban J connectivity index is 5.52. The molecule has 0 aromatic carbocycles. The highest BCUT2D eigenvalue weighted by atomic mass is 32.2. The molecule has 0 fully saturated rings. The number of ether oxygens (including phenoxy) is 2. The molecule has 0 aliphatic heterocycles. The van der Waals surface area contributed by atoms with E-state index in [1.807, 2.05) is 0 Å². The van der Waals surface area contributed by atoms with Gasteiger partial charge in [0, 0.05) is 0 Å². The standard InChI is InChI=1S/C12H23NO6S/c1-11(2,3)19-10(15)13(8-9(14)18-7)20(16,17)12(4,5)6/h8H2,1-7H3. The van der Waals surface area contributed by atoms with Crippen LogP contribution in [0.2, 0.25) is 0 Å². The number of sulfonamides is 1. The van der Waals surface area contributed by atoms with E-state index in [1.54, 1.807) is 20.8 Å². The van der Waals surface area contributed by atoms with Crippen molar-refractivity contribution in [3.63, 3.8) is 0 Å². The summed E-state index contributed by atoms with van der Waals surface area (Å²) in [6, 6.07) is 0. The molecule has 0 aromatic rings. The zero-order valence-corrected chi connectivity index (χ0v) is 13.8. The molecule has 0 rings (SSSR count). The normalized spacial score (nSPS) is 12.8. The van der Waals surface area contributed by atoms with E-state index < -0.39 is 39.0 Å². The highest BCUT2D eigenvalue weighted by molar-refractivity contribution is 7.91. The van der Waals surface area contributed by atoms with Gasteiger partial charge in [-0.05, 0) is 41.5 Å². The van der Waals surface area contributed by atoms with Crippen LogP contribution >= 0.6 is 0 Å². The molecule has 7 nitrogen and oxygen atoms in total. The van der Waals surface area contributed by atoms with Gasteiger partial charge < -0.3 is 9.47 Å². The van der Waals surface area contributed by atoms with Crippen molar-refractivity contribution in [3.05, 3.63) is 0 Å². The number of hydrogen-bond acceptors (Lipinski definition) is 6. The third-order valence-corrected chi connectivity index (χ3v) is 4.57. The fourth-order valence-electron chi connectivity index (χ4n) is 1.07. The molecule has 0 saturated carbocycles. The zero-order valence-electron chi connectivity index (χ0n) is 13.0. The molecular formula is C12H23NO6S. The van der Waals surface area contributed by atoms with Gasteiger partial charge in [-0.15, -0.1) is 0 Å². The molecule has 118 valence electrons.